The molecule has 0 aromatic rings. The van der Waals surface area contributed by atoms with Crippen LogP contribution in [-0.2, 0) is 4.79 Å². The highest BCUT2D eigenvalue weighted by Gasteiger charge is 2.39. The van der Waals surface area contributed by atoms with E-state index in [-0.39, 0.29) is 18.0 Å². The van der Waals surface area contributed by atoms with Crippen molar-refractivity contribution in [3.63, 3.8) is 0 Å². The first-order chi connectivity index (χ1) is 8.15. The Morgan fingerprint density at radius 3 is 2.59 bits per heavy atom. The molecule has 0 aromatic carbocycles. The predicted molar refractivity (Wildman–Crippen MR) is 64.9 cm³/mol. The molecule has 3 atom stereocenters. The predicted octanol–water partition coefficient (Wildman–Crippen LogP) is 1.41. The van der Waals surface area contributed by atoms with E-state index in [0.717, 1.165) is 25.7 Å². The molecule has 0 aromatic heterocycles. The van der Waals surface area contributed by atoms with Crippen molar-refractivity contribution in [2.45, 2.75) is 63.6 Å². The number of hydrogen-bond acceptors (Lipinski definition) is 3. The molecule has 2 aliphatic rings. The second-order valence-electron chi connectivity index (χ2n) is 5.39. The highest BCUT2D eigenvalue weighted by atomic mass is 16.2. The standard InChI is InChI=1S/C13H21N3O/c1-9-6-7-11(8-14)16(9)13(17)12(15)10-4-2-3-5-10/h9-12H,2-7,15H2,1H3/t9-,11-,12+/m0/s1. The molecule has 17 heavy (non-hydrogen) atoms. The van der Waals surface area contributed by atoms with Crippen molar-refractivity contribution < 1.29 is 4.79 Å². The third-order valence-corrected chi connectivity index (χ3v) is 4.26. The van der Waals surface area contributed by atoms with Crippen molar-refractivity contribution >= 4 is 5.91 Å². The molecule has 0 spiro atoms. The van der Waals surface area contributed by atoms with Crippen LogP contribution in [0.3, 0.4) is 0 Å². The topological polar surface area (TPSA) is 70.1 Å². The van der Waals surface area contributed by atoms with Crippen LogP contribution in [0.5, 0.6) is 0 Å². The number of amides is 1. The minimum absolute atomic E-state index is 0.00606. The molecule has 1 saturated carbocycles. The van der Waals surface area contributed by atoms with Crippen LogP contribution in [0.15, 0.2) is 0 Å². The third kappa shape index (κ3) is 2.30. The lowest BCUT2D eigenvalue weighted by atomic mass is 9.97. The smallest absolute Gasteiger partial charge is 0.241 e. The van der Waals surface area contributed by atoms with Gasteiger partial charge in [0.15, 0.2) is 0 Å². The summed E-state index contributed by atoms with van der Waals surface area (Å²) in [5.74, 6) is 0.322. The first-order valence-corrected chi connectivity index (χ1v) is 6.62. The van der Waals surface area contributed by atoms with E-state index in [1.165, 1.54) is 12.8 Å². The van der Waals surface area contributed by atoms with Gasteiger partial charge in [-0.15, -0.1) is 0 Å². The molecule has 2 rings (SSSR count). The summed E-state index contributed by atoms with van der Waals surface area (Å²) in [5.41, 5.74) is 6.08. The minimum atomic E-state index is -0.395. The van der Waals surface area contributed by atoms with Gasteiger partial charge in [0.2, 0.25) is 5.91 Å². The van der Waals surface area contributed by atoms with E-state index in [2.05, 4.69) is 6.07 Å². The maximum Gasteiger partial charge on any atom is 0.241 e. The molecule has 94 valence electrons. The number of likely N-dealkylation sites (tertiary alicyclic amines) is 1. The van der Waals surface area contributed by atoms with E-state index in [9.17, 15) is 4.79 Å². The first-order valence-electron chi connectivity index (χ1n) is 6.62. The van der Waals surface area contributed by atoms with E-state index in [4.69, 9.17) is 11.0 Å². The summed E-state index contributed by atoms with van der Waals surface area (Å²) >= 11 is 0. The highest BCUT2D eigenvalue weighted by Crippen LogP contribution is 2.30. The summed E-state index contributed by atoms with van der Waals surface area (Å²) in [6.07, 6.45) is 6.20. The van der Waals surface area contributed by atoms with Gasteiger partial charge in [-0.1, -0.05) is 12.8 Å². The molecule has 4 nitrogen and oxygen atoms in total. The fraction of sp³-hybridized carbons (Fsp3) is 0.846. The van der Waals surface area contributed by atoms with E-state index < -0.39 is 6.04 Å². The van der Waals surface area contributed by atoms with Crippen molar-refractivity contribution in [2.24, 2.45) is 11.7 Å². The van der Waals surface area contributed by atoms with Gasteiger partial charge in [0.05, 0.1) is 12.1 Å². The number of carbonyl (C=O) groups excluding carboxylic acids is 1. The van der Waals surface area contributed by atoms with E-state index >= 15 is 0 Å². The SMILES string of the molecule is C[C@H]1CC[C@@H](C#N)N1C(=O)[C@H](N)C1CCCC1. The molecule has 2 N–H and O–H groups in total. The molecule has 1 heterocycles. The van der Waals surface area contributed by atoms with Crippen LogP contribution in [-0.4, -0.2) is 28.9 Å². The molecule has 1 amide bonds. The van der Waals surface area contributed by atoms with Crippen molar-refractivity contribution in [1.29, 1.82) is 5.26 Å². The number of hydrogen-bond donors (Lipinski definition) is 1. The van der Waals surface area contributed by atoms with Gasteiger partial charge in [-0.25, -0.2) is 0 Å². The number of rotatable bonds is 2. The fourth-order valence-corrected chi connectivity index (χ4v) is 3.17. The Labute approximate surface area is 103 Å². The molecule has 0 radical (unpaired) electrons. The lowest BCUT2D eigenvalue weighted by Crippen LogP contribution is -2.51. The summed E-state index contributed by atoms with van der Waals surface area (Å²) < 4.78 is 0. The van der Waals surface area contributed by atoms with Crippen molar-refractivity contribution in [2.75, 3.05) is 0 Å². The second kappa shape index (κ2) is 5.05. The van der Waals surface area contributed by atoms with Crippen LogP contribution in [0.2, 0.25) is 0 Å². The first kappa shape index (κ1) is 12.4. The number of nitrogens with two attached hydrogens (primary N) is 1. The average Bonchev–Trinajstić information content (AvgIpc) is 2.96. The van der Waals surface area contributed by atoms with Gasteiger partial charge in [-0.2, -0.15) is 5.26 Å². The maximum atomic E-state index is 12.4. The van der Waals surface area contributed by atoms with Gasteiger partial charge in [0.25, 0.3) is 0 Å². The van der Waals surface area contributed by atoms with Gasteiger partial charge in [-0.05, 0) is 38.5 Å². The van der Waals surface area contributed by atoms with Crippen LogP contribution in [0.25, 0.3) is 0 Å². The van der Waals surface area contributed by atoms with Crippen molar-refractivity contribution in [1.82, 2.24) is 4.90 Å². The number of nitrogens with zero attached hydrogens (tertiary/aromatic N) is 2. The Balaban J connectivity index is 2.05. The molecule has 2 fully saturated rings. The van der Waals surface area contributed by atoms with Crippen LogP contribution >= 0.6 is 0 Å². The van der Waals surface area contributed by atoms with Crippen LogP contribution in [0.1, 0.15) is 45.4 Å². The fourth-order valence-electron chi connectivity index (χ4n) is 3.17. The summed E-state index contributed by atoms with van der Waals surface area (Å²) in [6, 6.07) is 1.73. The van der Waals surface area contributed by atoms with Gasteiger partial charge in [0, 0.05) is 6.04 Å². The Morgan fingerprint density at radius 1 is 1.35 bits per heavy atom. The van der Waals surface area contributed by atoms with E-state index in [1.807, 2.05) is 6.92 Å². The third-order valence-electron chi connectivity index (χ3n) is 4.26. The molecule has 1 saturated heterocycles. The molecule has 1 aliphatic heterocycles. The Kier molecular flexibility index (Phi) is 3.68. The molecular weight excluding hydrogens is 214 g/mol. The van der Waals surface area contributed by atoms with Gasteiger partial charge >= 0.3 is 0 Å². The molecule has 0 unspecified atom stereocenters. The lowest BCUT2D eigenvalue weighted by molar-refractivity contribution is -0.135. The zero-order valence-corrected chi connectivity index (χ0v) is 10.4. The van der Waals surface area contributed by atoms with Crippen molar-refractivity contribution in [3.05, 3.63) is 0 Å². The van der Waals surface area contributed by atoms with Crippen LogP contribution in [0.4, 0.5) is 0 Å². The van der Waals surface area contributed by atoms with E-state index in [0.29, 0.717) is 5.92 Å². The molecule has 4 heteroatoms. The second-order valence-corrected chi connectivity index (χ2v) is 5.39. The zero-order chi connectivity index (χ0) is 12.4. The monoisotopic (exact) mass is 235 g/mol. The average molecular weight is 235 g/mol. The van der Waals surface area contributed by atoms with Gasteiger partial charge < -0.3 is 10.6 Å². The van der Waals surface area contributed by atoms with Crippen molar-refractivity contribution in [3.8, 4) is 6.07 Å². The van der Waals surface area contributed by atoms with Gasteiger partial charge in [-0.3, -0.25) is 4.79 Å². The van der Waals surface area contributed by atoms with Gasteiger partial charge in [0.1, 0.15) is 6.04 Å². The largest absolute Gasteiger partial charge is 0.323 e. The maximum absolute atomic E-state index is 12.4. The normalized spacial score (nSPS) is 31.5. The summed E-state index contributed by atoms with van der Waals surface area (Å²) in [6.45, 7) is 2.01. The summed E-state index contributed by atoms with van der Waals surface area (Å²) in [7, 11) is 0. The quantitative estimate of drug-likeness (QED) is 0.786. The lowest BCUT2D eigenvalue weighted by Gasteiger charge is -2.29. The summed E-state index contributed by atoms with van der Waals surface area (Å²) in [4.78, 5) is 14.1. The summed E-state index contributed by atoms with van der Waals surface area (Å²) in [5, 5.41) is 9.07. The van der Waals surface area contributed by atoms with E-state index in [1.54, 1.807) is 4.90 Å². The highest BCUT2D eigenvalue weighted by molar-refractivity contribution is 5.83. The molecular formula is C13H21N3O. The zero-order valence-electron chi connectivity index (χ0n) is 10.4. The molecule has 0 bridgehead atoms. The van der Waals surface area contributed by atoms with Crippen LogP contribution in [0, 0.1) is 17.2 Å². The Hall–Kier alpha value is -1.08. The Morgan fingerprint density at radius 2 is 2.00 bits per heavy atom. The van der Waals surface area contributed by atoms with Crippen LogP contribution < -0.4 is 5.73 Å². The Bertz CT molecular complexity index is 330. The minimum Gasteiger partial charge on any atom is -0.323 e. The number of carbonyl (C=O) groups is 1. The molecule has 1 aliphatic carbocycles. The number of nitriles is 1.